The predicted molar refractivity (Wildman–Crippen MR) is 105 cm³/mol. The lowest BCUT2D eigenvalue weighted by atomic mass is 9.85. The summed E-state index contributed by atoms with van der Waals surface area (Å²) in [6.45, 7) is 3.40. The van der Waals surface area contributed by atoms with Crippen molar-refractivity contribution in [1.82, 2.24) is 15.5 Å². The monoisotopic (exact) mass is 393 g/mol. The number of benzene rings is 1. The smallest absolute Gasteiger partial charge is 0.317 e. The maximum Gasteiger partial charge on any atom is 0.317 e. The summed E-state index contributed by atoms with van der Waals surface area (Å²) in [6.07, 6.45) is 4.78. The van der Waals surface area contributed by atoms with E-state index < -0.39 is 5.97 Å². The minimum atomic E-state index is -0.805. The zero-order valence-electron chi connectivity index (χ0n) is 15.7. The lowest BCUT2D eigenvalue weighted by molar-refractivity contribution is -0.139. The third kappa shape index (κ3) is 5.59. The lowest BCUT2D eigenvalue weighted by Crippen LogP contribution is -2.56. The molecule has 2 amide bonds. The Morgan fingerprint density at radius 3 is 2.67 bits per heavy atom. The number of halogens is 1. The average molecular weight is 394 g/mol. The molecule has 0 bridgehead atoms. The van der Waals surface area contributed by atoms with Crippen LogP contribution in [0.1, 0.15) is 38.2 Å². The van der Waals surface area contributed by atoms with E-state index in [1.807, 2.05) is 30.0 Å². The Morgan fingerprint density at radius 2 is 2.07 bits per heavy atom. The molecule has 3 N–H and O–H groups in total. The molecule has 3 rings (SSSR count). The van der Waals surface area contributed by atoms with Crippen molar-refractivity contribution in [3.63, 3.8) is 0 Å². The van der Waals surface area contributed by atoms with Crippen LogP contribution < -0.4 is 10.6 Å². The summed E-state index contributed by atoms with van der Waals surface area (Å²) in [5.41, 5.74) is 1.37. The van der Waals surface area contributed by atoms with Gasteiger partial charge in [-0.05, 0) is 61.8 Å². The molecule has 0 saturated heterocycles. The van der Waals surface area contributed by atoms with E-state index >= 15 is 0 Å². The molecule has 0 atom stereocenters. The van der Waals surface area contributed by atoms with Crippen LogP contribution in [0.3, 0.4) is 0 Å². The van der Waals surface area contributed by atoms with Gasteiger partial charge in [-0.3, -0.25) is 9.69 Å². The molecule has 0 unspecified atom stereocenters. The van der Waals surface area contributed by atoms with Crippen molar-refractivity contribution >= 4 is 23.6 Å². The summed E-state index contributed by atoms with van der Waals surface area (Å²) in [5, 5.41) is 15.7. The first-order valence-electron chi connectivity index (χ1n) is 9.64. The Bertz CT molecular complexity index is 687. The van der Waals surface area contributed by atoms with Gasteiger partial charge >= 0.3 is 12.0 Å². The topological polar surface area (TPSA) is 81.7 Å². The van der Waals surface area contributed by atoms with E-state index in [9.17, 15) is 9.59 Å². The van der Waals surface area contributed by atoms with E-state index in [-0.39, 0.29) is 30.1 Å². The average Bonchev–Trinajstić information content (AvgIpc) is 3.34. The van der Waals surface area contributed by atoms with Crippen LogP contribution in [-0.2, 0) is 11.2 Å². The van der Waals surface area contributed by atoms with E-state index in [1.165, 1.54) is 5.56 Å². The Hall–Kier alpha value is -1.79. The van der Waals surface area contributed by atoms with Gasteiger partial charge in [0.05, 0.1) is 6.54 Å². The highest BCUT2D eigenvalue weighted by Gasteiger charge is 2.43. The standard InChI is InChI=1S/C20H28ClN3O3/c1-2-24(12-18(25)26)17-9-16(10-17)23-19(27)22-13-20(6-7-20)11-14-4-3-5-15(21)8-14/h3-5,8,16-17H,2,6-7,9-13H2,1H3,(H,25,26)(H2,22,23,27). The number of nitrogens with one attached hydrogen (secondary N) is 2. The van der Waals surface area contributed by atoms with Gasteiger partial charge in [0, 0.05) is 23.7 Å². The fraction of sp³-hybridized carbons (Fsp3) is 0.600. The highest BCUT2D eigenvalue weighted by molar-refractivity contribution is 6.30. The van der Waals surface area contributed by atoms with Gasteiger partial charge in [0.2, 0.25) is 0 Å². The van der Waals surface area contributed by atoms with Crippen molar-refractivity contribution in [3.05, 3.63) is 34.9 Å². The normalized spacial score (nSPS) is 22.8. The molecule has 2 aliphatic rings. The van der Waals surface area contributed by atoms with Crippen LogP contribution >= 0.6 is 11.6 Å². The second-order valence-corrected chi connectivity index (χ2v) is 8.35. The third-order valence-electron chi connectivity index (χ3n) is 5.76. The van der Waals surface area contributed by atoms with Gasteiger partial charge in [0.1, 0.15) is 0 Å². The molecule has 2 saturated carbocycles. The highest BCUT2D eigenvalue weighted by atomic mass is 35.5. The Morgan fingerprint density at radius 1 is 1.33 bits per heavy atom. The molecular weight excluding hydrogens is 366 g/mol. The molecule has 0 spiro atoms. The summed E-state index contributed by atoms with van der Waals surface area (Å²) < 4.78 is 0. The fourth-order valence-electron chi connectivity index (χ4n) is 3.85. The molecule has 0 aromatic heterocycles. The highest BCUT2D eigenvalue weighted by Crippen LogP contribution is 2.48. The van der Waals surface area contributed by atoms with E-state index in [0.29, 0.717) is 13.1 Å². The van der Waals surface area contributed by atoms with Gasteiger partial charge in [0.15, 0.2) is 0 Å². The number of urea groups is 1. The minimum Gasteiger partial charge on any atom is -0.480 e. The molecule has 2 fully saturated rings. The molecule has 27 heavy (non-hydrogen) atoms. The number of hydrogen-bond donors (Lipinski definition) is 3. The van der Waals surface area contributed by atoms with Crippen LogP contribution in [0.2, 0.25) is 5.02 Å². The van der Waals surface area contributed by atoms with Crippen LogP contribution in [0.5, 0.6) is 0 Å². The second-order valence-electron chi connectivity index (χ2n) is 7.91. The number of carboxylic acids is 1. The van der Waals surface area contributed by atoms with E-state index in [1.54, 1.807) is 0 Å². The second kappa shape index (κ2) is 8.48. The molecule has 6 nitrogen and oxygen atoms in total. The van der Waals surface area contributed by atoms with Crippen molar-refractivity contribution in [2.75, 3.05) is 19.6 Å². The van der Waals surface area contributed by atoms with E-state index in [4.69, 9.17) is 16.7 Å². The number of amides is 2. The molecule has 0 aliphatic heterocycles. The summed E-state index contributed by atoms with van der Waals surface area (Å²) >= 11 is 6.06. The molecule has 7 heteroatoms. The van der Waals surface area contributed by atoms with Crippen molar-refractivity contribution in [1.29, 1.82) is 0 Å². The number of nitrogens with zero attached hydrogens (tertiary/aromatic N) is 1. The Kier molecular flexibility index (Phi) is 6.27. The first kappa shape index (κ1) is 20.0. The van der Waals surface area contributed by atoms with Crippen LogP contribution in [0.15, 0.2) is 24.3 Å². The van der Waals surface area contributed by atoms with E-state index in [0.717, 1.165) is 37.1 Å². The molecular formula is C20H28ClN3O3. The lowest BCUT2D eigenvalue weighted by Gasteiger charge is -2.42. The molecule has 0 heterocycles. The first-order chi connectivity index (χ1) is 12.9. The largest absolute Gasteiger partial charge is 0.480 e. The van der Waals surface area contributed by atoms with Gasteiger partial charge in [0.25, 0.3) is 0 Å². The Labute approximate surface area is 165 Å². The quantitative estimate of drug-likeness (QED) is 0.602. The van der Waals surface area contributed by atoms with E-state index in [2.05, 4.69) is 16.7 Å². The van der Waals surface area contributed by atoms with Crippen LogP contribution in [-0.4, -0.2) is 53.7 Å². The number of aliphatic carboxylic acids is 1. The first-order valence-corrected chi connectivity index (χ1v) is 10.0. The van der Waals surface area contributed by atoms with Gasteiger partial charge in [-0.15, -0.1) is 0 Å². The van der Waals surface area contributed by atoms with Gasteiger partial charge < -0.3 is 15.7 Å². The van der Waals surface area contributed by atoms with Crippen LogP contribution in [0.4, 0.5) is 4.79 Å². The SMILES string of the molecule is CCN(CC(=O)O)C1CC(NC(=O)NCC2(Cc3cccc(Cl)c3)CC2)C1. The Balaban J connectivity index is 1.38. The number of carbonyl (C=O) groups is 2. The number of carboxylic acid groups (broad SMARTS) is 1. The minimum absolute atomic E-state index is 0.0616. The van der Waals surface area contributed by atoms with Crippen LogP contribution in [0, 0.1) is 5.41 Å². The third-order valence-corrected chi connectivity index (χ3v) is 5.99. The summed E-state index contributed by atoms with van der Waals surface area (Å²) in [5.74, 6) is -0.805. The summed E-state index contributed by atoms with van der Waals surface area (Å²) in [6, 6.07) is 8.15. The number of likely N-dealkylation sites (N-methyl/N-ethyl adjacent to an activating group) is 1. The fourth-order valence-corrected chi connectivity index (χ4v) is 4.07. The number of hydrogen-bond acceptors (Lipinski definition) is 3. The van der Waals surface area contributed by atoms with Crippen LogP contribution in [0.25, 0.3) is 0 Å². The van der Waals surface area contributed by atoms with Crippen molar-refractivity contribution in [2.24, 2.45) is 5.41 Å². The molecule has 148 valence electrons. The molecule has 0 radical (unpaired) electrons. The maximum absolute atomic E-state index is 12.2. The number of rotatable bonds is 9. The van der Waals surface area contributed by atoms with Gasteiger partial charge in [-0.2, -0.15) is 0 Å². The van der Waals surface area contributed by atoms with Gasteiger partial charge in [-0.25, -0.2) is 4.79 Å². The summed E-state index contributed by atoms with van der Waals surface area (Å²) in [4.78, 5) is 25.0. The molecule has 1 aromatic rings. The predicted octanol–water partition coefficient (Wildman–Crippen LogP) is 2.90. The number of carbonyl (C=O) groups excluding carboxylic acids is 1. The van der Waals surface area contributed by atoms with Crippen molar-refractivity contribution < 1.29 is 14.7 Å². The van der Waals surface area contributed by atoms with Gasteiger partial charge in [-0.1, -0.05) is 30.7 Å². The molecule has 1 aromatic carbocycles. The van der Waals surface area contributed by atoms with Crippen molar-refractivity contribution in [2.45, 2.75) is 51.1 Å². The maximum atomic E-state index is 12.2. The molecule has 2 aliphatic carbocycles. The zero-order valence-corrected chi connectivity index (χ0v) is 16.5. The van der Waals surface area contributed by atoms with Crippen molar-refractivity contribution in [3.8, 4) is 0 Å². The zero-order chi connectivity index (χ0) is 19.4. The summed E-state index contributed by atoms with van der Waals surface area (Å²) in [7, 11) is 0.